The number of rotatable bonds is 6. The van der Waals surface area contributed by atoms with Crippen molar-refractivity contribution in [2.75, 3.05) is 19.3 Å². The molecule has 0 radical (unpaired) electrons. The smallest absolute Gasteiger partial charge is 0.111 e. The van der Waals surface area contributed by atoms with Gasteiger partial charge in [0, 0.05) is 18.0 Å². The normalized spacial score (nSPS) is 18.0. The van der Waals surface area contributed by atoms with Crippen molar-refractivity contribution in [3.05, 3.63) is 41.7 Å². The van der Waals surface area contributed by atoms with Crippen LogP contribution < -0.4 is 0 Å². The van der Waals surface area contributed by atoms with E-state index in [-0.39, 0.29) is 0 Å². The lowest BCUT2D eigenvalue weighted by Gasteiger charge is -2.31. The molecule has 1 aliphatic rings. The largest absolute Gasteiger partial charge is 0.387 e. The lowest BCUT2D eigenvalue weighted by molar-refractivity contribution is 0.164. The first kappa shape index (κ1) is 17.5. The molecule has 130 valence electrons. The Morgan fingerprint density at radius 1 is 1.33 bits per heavy atom. The number of aliphatic hydroxyl groups excluding tert-OH is 1. The summed E-state index contributed by atoms with van der Waals surface area (Å²) < 4.78 is 1.88. The summed E-state index contributed by atoms with van der Waals surface area (Å²) in [5.74, 6) is 0.641. The Kier molecular flexibility index (Phi) is 5.92. The average Bonchev–Trinajstić information content (AvgIpc) is 3.06. The summed E-state index contributed by atoms with van der Waals surface area (Å²) in [7, 11) is 0. The van der Waals surface area contributed by atoms with E-state index in [2.05, 4.69) is 45.7 Å². The van der Waals surface area contributed by atoms with Crippen molar-refractivity contribution in [2.45, 2.75) is 43.9 Å². The predicted molar refractivity (Wildman–Crippen MR) is 96.9 cm³/mol. The summed E-state index contributed by atoms with van der Waals surface area (Å²) in [6.07, 6.45) is 5.82. The number of thioether (sulfide) groups is 1. The number of piperidine rings is 1. The average molecular weight is 347 g/mol. The molecule has 2 aromatic rings. The zero-order valence-corrected chi connectivity index (χ0v) is 15.2. The molecule has 3 rings (SSSR count). The van der Waals surface area contributed by atoms with Gasteiger partial charge in [-0.1, -0.05) is 17.3 Å². The van der Waals surface area contributed by atoms with Crippen molar-refractivity contribution in [1.29, 1.82) is 0 Å². The van der Waals surface area contributed by atoms with E-state index >= 15 is 0 Å². The SMILES string of the molecule is CSc1cccc(CN2CCC(Cn3cc([C@H](C)O)nn3)CC2)c1. The fourth-order valence-electron chi connectivity index (χ4n) is 3.21. The quantitative estimate of drug-likeness (QED) is 0.815. The van der Waals surface area contributed by atoms with Crippen LogP contribution in [0.25, 0.3) is 0 Å². The van der Waals surface area contributed by atoms with E-state index < -0.39 is 6.10 Å². The van der Waals surface area contributed by atoms with Gasteiger partial charge < -0.3 is 5.11 Å². The maximum Gasteiger partial charge on any atom is 0.111 e. The molecule has 0 unspecified atom stereocenters. The molecule has 2 heterocycles. The molecule has 1 fully saturated rings. The fourth-order valence-corrected chi connectivity index (χ4v) is 3.70. The summed E-state index contributed by atoms with van der Waals surface area (Å²) in [6.45, 7) is 5.92. The van der Waals surface area contributed by atoms with Crippen molar-refractivity contribution in [3.8, 4) is 0 Å². The Morgan fingerprint density at radius 3 is 2.79 bits per heavy atom. The van der Waals surface area contributed by atoms with Gasteiger partial charge in [-0.05, 0) is 62.7 Å². The number of aromatic nitrogens is 3. The number of nitrogens with zero attached hydrogens (tertiary/aromatic N) is 4. The van der Waals surface area contributed by atoms with Crippen molar-refractivity contribution in [2.24, 2.45) is 5.92 Å². The zero-order chi connectivity index (χ0) is 16.9. The second-order valence-electron chi connectivity index (χ2n) is 6.61. The maximum absolute atomic E-state index is 9.53. The number of hydrogen-bond donors (Lipinski definition) is 1. The molecule has 1 aliphatic heterocycles. The zero-order valence-electron chi connectivity index (χ0n) is 14.4. The molecular weight excluding hydrogens is 320 g/mol. The van der Waals surface area contributed by atoms with Gasteiger partial charge in [0.15, 0.2) is 0 Å². The molecule has 0 spiro atoms. The third-order valence-corrected chi connectivity index (χ3v) is 5.40. The molecule has 0 aliphatic carbocycles. The highest BCUT2D eigenvalue weighted by Crippen LogP contribution is 2.22. The topological polar surface area (TPSA) is 54.2 Å². The predicted octanol–water partition coefficient (Wildman–Crippen LogP) is 2.97. The number of aliphatic hydroxyl groups is 1. The molecule has 1 N–H and O–H groups in total. The van der Waals surface area contributed by atoms with Gasteiger partial charge in [0.2, 0.25) is 0 Å². The molecule has 1 saturated heterocycles. The van der Waals surface area contributed by atoms with Crippen LogP contribution in [-0.2, 0) is 13.1 Å². The molecule has 6 heteroatoms. The number of benzene rings is 1. The minimum atomic E-state index is -0.544. The first-order valence-corrected chi connectivity index (χ1v) is 9.80. The Balaban J connectivity index is 1.48. The molecule has 1 aromatic carbocycles. The first-order chi connectivity index (χ1) is 11.6. The summed E-state index contributed by atoms with van der Waals surface area (Å²) in [4.78, 5) is 3.88. The van der Waals surface area contributed by atoms with Crippen LogP contribution in [0.15, 0.2) is 35.4 Å². The van der Waals surface area contributed by atoms with E-state index in [1.807, 2.05) is 10.9 Å². The van der Waals surface area contributed by atoms with E-state index in [1.165, 1.54) is 23.3 Å². The minimum Gasteiger partial charge on any atom is -0.387 e. The second kappa shape index (κ2) is 8.14. The molecule has 0 saturated carbocycles. The Labute approximate surface area is 148 Å². The van der Waals surface area contributed by atoms with Gasteiger partial charge >= 0.3 is 0 Å². The van der Waals surface area contributed by atoms with Gasteiger partial charge in [0.05, 0.1) is 12.3 Å². The third-order valence-electron chi connectivity index (χ3n) is 4.68. The van der Waals surface area contributed by atoms with Crippen molar-refractivity contribution < 1.29 is 5.11 Å². The first-order valence-electron chi connectivity index (χ1n) is 8.57. The minimum absolute atomic E-state index is 0.544. The van der Waals surface area contributed by atoms with Crippen LogP contribution in [0.1, 0.15) is 37.1 Å². The van der Waals surface area contributed by atoms with E-state index in [0.29, 0.717) is 11.6 Å². The van der Waals surface area contributed by atoms with Crippen LogP contribution >= 0.6 is 11.8 Å². The summed E-state index contributed by atoms with van der Waals surface area (Å²) in [6, 6.07) is 8.83. The van der Waals surface area contributed by atoms with E-state index in [0.717, 1.165) is 26.2 Å². The van der Waals surface area contributed by atoms with Crippen LogP contribution in [-0.4, -0.2) is 44.3 Å². The third kappa shape index (κ3) is 4.59. The van der Waals surface area contributed by atoms with Gasteiger partial charge in [-0.2, -0.15) is 0 Å². The fraction of sp³-hybridized carbons (Fsp3) is 0.556. The van der Waals surface area contributed by atoms with E-state index in [1.54, 1.807) is 18.7 Å². The maximum atomic E-state index is 9.53. The molecule has 24 heavy (non-hydrogen) atoms. The van der Waals surface area contributed by atoms with Gasteiger partial charge in [0.1, 0.15) is 5.69 Å². The summed E-state index contributed by atoms with van der Waals surface area (Å²) in [5.41, 5.74) is 2.05. The number of hydrogen-bond acceptors (Lipinski definition) is 5. The Morgan fingerprint density at radius 2 is 2.12 bits per heavy atom. The molecule has 1 aromatic heterocycles. The Bertz CT molecular complexity index is 650. The standard InChI is InChI=1S/C18H26N4OS/c1-14(23)18-13-22(20-19-18)12-15-6-8-21(9-7-15)11-16-4-3-5-17(10-16)24-2/h3-5,10,13-15,23H,6-9,11-12H2,1-2H3/t14-/m0/s1. The molecule has 1 atom stereocenters. The molecular formula is C18H26N4OS. The van der Waals surface area contributed by atoms with Crippen LogP contribution in [0.3, 0.4) is 0 Å². The monoisotopic (exact) mass is 346 g/mol. The van der Waals surface area contributed by atoms with Gasteiger partial charge in [-0.3, -0.25) is 9.58 Å². The van der Waals surface area contributed by atoms with Gasteiger partial charge in [0.25, 0.3) is 0 Å². The van der Waals surface area contributed by atoms with Crippen LogP contribution in [0.5, 0.6) is 0 Å². The number of likely N-dealkylation sites (tertiary alicyclic amines) is 1. The van der Waals surface area contributed by atoms with Gasteiger partial charge in [-0.25, -0.2) is 0 Å². The van der Waals surface area contributed by atoms with E-state index in [9.17, 15) is 5.11 Å². The van der Waals surface area contributed by atoms with Crippen LogP contribution in [0.4, 0.5) is 0 Å². The van der Waals surface area contributed by atoms with Gasteiger partial charge in [-0.15, -0.1) is 16.9 Å². The molecule has 5 nitrogen and oxygen atoms in total. The molecule has 0 bridgehead atoms. The van der Waals surface area contributed by atoms with Crippen molar-refractivity contribution in [3.63, 3.8) is 0 Å². The Hall–Kier alpha value is -1.37. The highest BCUT2D eigenvalue weighted by Gasteiger charge is 2.20. The highest BCUT2D eigenvalue weighted by atomic mass is 32.2. The lowest BCUT2D eigenvalue weighted by atomic mass is 9.96. The summed E-state index contributed by atoms with van der Waals surface area (Å²) in [5, 5.41) is 17.7. The second-order valence-corrected chi connectivity index (χ2v) is 7.49. The lowest BCUT2D eigenvalue weighted by Crippen LogP contribution is -2.34. The highest BCUT2D eigenvalue weighted by molar-refractivity contribution is 7.98. The summed E-state index contributed by atoms with van der Waals surface area (Å²) >= 11 is 1.80. The van der Waals surface area contributed by atoms with Crippen LogP contribution in [0.2, 0.25) is 0 Å². The van der Waals surface area contributed by atoms with E-state index in [4.69, 9.17) is 0 Å². The van der Waals surface area contributed by atoms with Crippen molar-refractivity contribution >= 4 is 11.8 Å². The van der Waals surface area contributed by atoms with Crippen molar-refractivity contribution in [1.82, 2.24) is 19.9 Å². The molecule has 0 amide bonds. The van der Waals surface area contributed by atoms with Crippen LogP contribution in [0, 0.1) is 5.92 Å².